The molecule has 12 nitrogen and oxygen atoms in total. The van der Waals surface area contributed by atoms with Crippen LogP contribution in [0.25, 0.3) is 0 Å². The van der Waals surface area contributed by atoms with Crippen LogP contribution in [0.2, 0.25) is 0 Å². The second-order valence-electron chi connectivity index (χ2n) is 6.45. The third kappa shape index (κ3) is 8.36. The highest BCUT2D eigenvalue weighted by atomic mass is 31.2. The van der Waals surface area contributed by atoms with Crippen molar-refractivity contribution in [2.24, 2.45) is 0 Å². The van der Waals surface area contributed by atoms with Gasteiger partial charge in [0.2, 0.25) is 6.79 Å². The lowest BCUT2D eigenvalue weighted by Crippen LogP contribution is -2.43. The number of phosphoric ester groups is 1. The Hall–Kier alpha value is -2.05. The molecule has 0 aromatic carbocycles. The Bertz CT molecular complexity index is 851. The number of alkyl halides is 1. The van der Waals surface area contributed by atoms with E-state index in [0.717, 1.165) is 10.6 Å². The maximum absolute atomic E-state index is 13.8. The highest BCUT2D eigenvalue weighted by Crippen LogP contribution is 2.44. The van der Waals surface area contributed by atoms with Crippen LogP contribution >= 0.6 is 7.82 Å². The molecule has 1 aromatic rings. The molecule has 1 heterocycles. The zero-order valence-corrected chi connectivity index (χ0v) is 17.9. The normalized spacial score (nSPS) is 16.5. The predicted molar refractivity (Wildman–Crippen MR) is 101 cm³/mol. The lowest BCUT2D eigenvalue weighted by atomic mass is 10.0. The summed E-state index contributed by atoms with van der Waals surface area (Å²) >= 11 is 0. The first kappa shape index (κ1) is 26.0. The fourth-order valence-electron chi connectivity index (χ4n) is 2.12. The number of aromatic amines is 1. The van der Waals surface area contributed by atoms with E-state index in [0.29, 0.717) is 0 Å². The maximum Gasteiger partial charge on any atom is 0.510 e. The molecule has 14 heteroatoms. The average molecular weight is 456 g/mol. The number of carbonyl (C=O) groups is 1. The number of hydrogen-bond acceptors (Lipinski definition) is 9. The van der Waals surface area contributed by atoms with Crippen LogP contribution in [0.15, 0.2) is 21.9 Å². The summed E-state index contributed by atoms with van der Waals surface area (Å²) in [6.07, 6.45) is -1.44. The van der Waals surface area contributed by atoms with E-state index in [2.05, 4.69) is 14.0 Å². The van der Waals surface area contributed by atoms with Crippen molar-refractivity contribution in [1.82, 2.24) is 9.55 Å². The van der Waals surface area contributed by atoms with Crippen molar-refractivity contribution >= 4 is 14.0 Å². The number of ether oxygens (including phenoxy) is 3. The molecule has 0 aliphatic heterocycles. The zero-order chi connectivity index (χ0) is 22.9. The molecule has 1 unspecified atom stereocenters. The average Bonchev–Trinajstić information content (AvgIpc) is 2.64. The second-order valence-corrected chi connectivity index (χ2v) is 7.91. The quantitative estimate of drug-likeness (QED) is 0.270. The van der Waals surface area contributed by atoms with Crippen LogP contribution in [0.4, 0.5) is 9.18 Å². The fraction of sp³-hybridized carbons (Fsp3) is 0.688. The lowest BCUT2D eigenvalue weighted by Gasteiger charge is -2.33. The number of rotatable bonds is 12. The van der Waals surface area contributed by atoms with Crippen molar-refractivity contribution < 1.29 is 41.9 Å². The van der Waals surface area contributed by atoms with Gasteiger partial charge in [0.15, 0.2) is 0 Å². The molecule has 172 valence electrons. The number of aromatic nitrogens is 2. The van der Waals surface area contributed by atoms with E-state index in [1.807, 2.05) is 4.98 Å². The van der Waals surface area contributed by atoms with Crippen LogP contribution in [0.5, 0.6) is 0 Å². The Morgan fingerprint density at radius 2 is 2.00 bits per heavy atom. The largest absolute Gasteiger partial charge is 0.510 e. The molecule has 0 radical (unpaired) electrons. The Balaban J connectivity index is 2.72. The van der Waals surface area contributed by atoms with E-state index in [1.165, 1.54) is 13.1 Å². The Morgan fingerprint density at radius 1 is 1.33 bits per heavy atom. The zero-order valence-electron chi connectivity index (χ0n) is 17.0. The molecule has 0 fully saturated rings. The third-order valence-electron chi connectivity index (χ3n) is 3.77. The molecule has 0 aliphatic carbocycles. The molecule has 30 heavy (non-hydrogen) atoms. The van der Waals surface area contributed by atoms with Gasteiger partial charge in [-0.25, -0.2) is 23.1 Å². The molecule has 0 aliphatic rings. The van der Waals surface area contributed by atoms with Crippen LogP contribution < -0.4 is 11.2 Å². The predicted octanol–water partition coefficient (Wildman–Crippen LogP) is 1.84. The van der Waals surface area contributed by atoms with Gasteiger partial charge >= 0.3 is 19.7 Å². The summed E-state index contributed by atoms with van der Waals surface area (Å²) in [5.74, 6) is 0. The Labute approximate surface area is 171 Å². The van der Waals surface area contributed by atoms with Gasteiger partial charge in [0, 0.05) is 12.3 Å². The van der Waals surface area contributed by atoms with Gasteiger partial charge in [0.05, 0.1) is 12.7 Å². The first-order valence-electron chi connectivity index (χ1n) is 8.94. The van der Waals surface area contributed by atoms with Gasteiger partial charge in [0.25, 0.3) is 5.56 Å². The van der Waals surface area contributed by atoms with Crippen molar-refractivity contribution in [2.45, 2.75) is 52.0 Å². The minimum absolute atomic E-state index is 0.00313. The number of phosphoric acid groups is 1. The van der Waals surface area contributed by atoms with Gasteiger partial charge in [-0.1, -0.05) is 6.92 Å². The molecular formula is C16H26FN2O10P. The summed E-state index contributed by atoms with van der Waals surface area (Å²) in [5.41, 5.74) is -3.09. The van der Waals surface area contributed by atoms with Crippen LogP contribution in [0, 0.1) is 0 Å². The summed E-state index contributed by atoms with van der Waals surface area (Å²) in [6.45, 7) is 3.34. The Morgan fingerprint density at radius 3 is 2.53 bits per heavy atom. The number of H-pyrrole nitrogens is 1. The van der Waals surface area contributed by atoms with E-state index in [1.54, 1.807) is 20.8 Å². The highest BCUT2D eigenvalue weighted by molar-refractivity contribution is 7.47. The van der Waals surface area contributed by atoms with Crippen molar-refractivity contribution in [3.63, 3.8) is 0 Å². The number of hydrogen-bond donors (Lipinski definition) is 2. The molecule has 3 atom stereocenters. The molecule has 1 aromatic heterocycles. The summed E-state index contributed by atoms with van der Waals surface area (Å²) in [5, 5.41) is 0. The van der Waals surface area contributed by atoms with Gasteiger partial charge in [0.1, 0.15) is 18.5 Å². The maximum atomic E-state index is 13.8. The minimum Gasteiger partial charge on any atom is -0.432 e. The van der Waals surface area contributed by atoms with Crippen LogP contribution in [0.3, 0.4) is 0 Å². The molecule has 0 saturated heterocycles. The number of halogens is 1. The molecule has 0 bridgehead atoms. The van der Waals surface area contributed by atoms with Crippen molar-refractivity contribution in [1.29, 1.82) is 0 Å². The minimum atomic E-state index is -4.73. The lowest BCUT2D eigenvalue weighted by molar-refractivity contribution is -0.152. The van der Waals surface area contributed by atoms with Gasteiger partial charge in [-0.2, -0.15) is 0 Å². The highest BCUT2D eigenvalue weighted by Gasteiger charge is 2.36. The van der Waals surface area contributed by atoms with Gasteiger partial charge in [-0.3, -0.25) is 18.9 Å². The van der Waals surface area contributed by atoms with Gasteiger partial charge < -0.3 is 19.1 Å². The van der Waals surface area contributed by atoms with E-state index >= 15 is 0 Å². The number of carbonyl (C=O) groups excluding carboxylic acids is 1. The van der Waals surface area contributed by atoms with E-state index in [-0.39, 0.29) is 6.42 Å². The van der Waals surface area contributed by atoms with E-state index < -0.39 is 63.2 Å². The SMILES string of the molecule is CC[C@@](CF)(COP(=O)(O)OCOC(=O)OC(C)C)O[C@H](C)n1ccc(=O)[nH]c1=O. The summed E-state index contributed by atoms with van der Waals surface area (Å²) in [4.78, 5) is 45.9. The van der Waals surface area contributed by atoms with Crippen molar-refractivity contribution in [2.75, 3.05) is 20.1 Å². The Kier molecular flexibility index (Phi) is 9.85. The number of nitrogens with one attached hydrogen (secondary N) is 1. The monoisotopic (exact) mass is 456 g/mol. The van der Waals surface area contributed by atoms with Crippen LogP contribution in [-0.4, -0.2) is 52.4 Å². The topological polar surface area (TPSA) is 155 Å². The standard InChI is InChI=1S/C16H26FN2O10P/c1-5-16(8-17,29-12(4)19-7-6-13(20)18-14(19)21)9-26-30(23,24)27-10-25-15(22)28-11(2)3/h6-7,11-12H,5,8-10H2,1-4H3,(H,23,24)(H,18,20,21)/t12-,16-/m1/s1. The molecule has 1 rings (SSSR count). The van der Waals surface area contributed by atoms with Gasteiger partial charge in [-0.15, -0.1) is 0 Å². The van der Waals surface area contributed by atoms with Crippen molar-refractivity contribution in [3.05, 3.63) is 33.1 Å². The smallest absolute Gasteiger partial charge is 0.432 e. The summed E-state index contributed by atoms with van der Waals surface area (Å²) in [7, 11) is -4.73. The third-order valence-corrected chi connectivity index (χ3v) is 4.65. The van der Waals surface area contributed by atoms with E-state index in [9.17, 15) is 28.2 Å². The summed E-state index contributed by atoms with van der Waals surface area (Å²) < 4.78 is 50.6. The molecule has 0 spiro atoms. The van der Waals surface area contributed by atoms with Gasteiger partial charge in [-0.05, 0) is 27.2 Å². The van der Waals surface area contributed by atoms with Crippen LogP contribution in [0.1, 0.15) is 40.3 Å². The van der Waals surface area contributed by atoms with Crippen LogP contribution in [-0.2, 0) is 27.8 Å². The molecule has 0 saturated carbocycles. The first-order chi connectivity index (χ1) is 13.9. The summed E-state index contributed by atoms with van der Waals surface area (Å²) in [6, 6.07) is 1.08. The first-order valence-corrected chi connectivity index (χ1v) is 10.4. The molecule has 0 amide bonds. The fourth-order valence-corrected chi connectivity index (χ4v) is 2.78. The van der Waals surface area contributed by atoms with E-state index in [4.69, 9.17) is 9.26 Å². The van der Waals surface area contributed by atoms with Crippen molar-refractivity contribution in [3.8, 4) is 0 Å². The second kappa shape index (κ2) is 11.4. The molecule has 2 N–H and O–H groups in total. The molecular weight excluding hydrogens is 430 g/mol. The number of nitrogens with zero attached hydrogens (tertiary/aromatic N) is 1.